The number of nitrogens with one attached hydrogen (secondary N) is 1. The van der Waals surface area contributed by atoms with E-state index in [1.807, 2.05) is 0 Å². The number of carbonyl (C=O) groups excluding carboxylic acids is 4. The maximum absolute atomic E-state index is 12.5. The van der Waals surface area contributed by atoms with Crippen molar-refractivity contribution in [3.63, 3.8) is 0 Å². The van der Waals surface area contributed by atoms with Gasteiger partial charge in [-0.3, -0.25) is 24.1 Å². The molecule has 0 aromatic heterocycles. The van der Waals surface area contributed by atoms with Crippen molar-refractivity contribution in [2.24, 2.45) is 0 Å². The smallest absolute Gasteiger partial charge is 0.261 e. The Morgan fingerprint density at radius 1 is 1.03 bits per heavy atom. The lowest BCUT2D eigenvalue weighted by atomic mass is 10.0. The minimum absolute atomic E-state index is 0.0236. The van der Waals surface area contributed by atoms with Crippen LogP contribution >= 0.6 is 0 Å². The molecule has 1 aromatic carbocycles. The Hall–Kier alpha value is -2.74. The number of hydrogen-bond acceptors (Lipinski definition) is 5. The van der Waals surface area contributed by atoms with Crippen molar-refractivity contribution in [1.82, 2.24) is 15.1 Å². The van der Waals surface area contributed by atoms with Gasteiger partial charge in [-0.2, -0.15) is 0 Å². The van der Waals surface area contributed by atoms with Gasteiger partial charge in [0.2, 0.25) is 11.8 Å². The molecule has 4 amide bonds. The Bertz CT molecular complexity index is 806. The van der Waals surface area contributed by atoms with Gasteiger partial charge in [-0.15, -0.1) is 0 Å². The molecule has 0 aliphatic carbocycles. The van der Waals surface area contributed by atoms with Gasteiger partial charge in [0.1, 0.15) is 6.10 Å². The first-order valence-corrected chi connectivity index (χ1v) is 10.7. The Kier molecular flexibility index (Phi) is 6.13. The molecule has 8 heteroatoms. The Labute approximate surface area is 175 Å². The fourth-order valence-corrected chi connectivity index (χ4v) is 4.34. The molecule has 1 N–H and O–H groups in total. The summed E-state index contributed by atoms with van der Waals surface area (Å²) < 4.78 is 5.41. The monoisotopic (exact) mass is 413 g/mol. The van der Waals surface area contributed by atoms with Crippen LogP contribution in [0.25, 0.3) is 0 Å². The molecule has 1 aromatic rings. The molecule has 0 spiro atoms. The molecular formula is C22H27N3O5. The summed E-state index contributed by atoms with van der Waals surface area (Å²) in [5, 5.41) is 3.04. The molecule has 1 unspecified atom stereocenters. The molecule has 0 saturated carbocycles. The van der Waals surface area contributed by atoms with E-state index in [4.69, 9.17) is 4.74 Å². The van der Waals surface area contributed by atoms with Crippen LogP contribution in [0.5, 0.6) is 0 Å². The van der Waals surface area contributed by atoms with E-state index < -0.39 is 0 Å². The number of likely N-dealkylation sites (tertiary alicyclic amines) is 1. The highest BCUT2D eigenvalue weighted by molar-refractivity contribution is 6.21. The molecule has 0 bridgehead atoms. The van der Waals surface area contributed by atoms with Crippen molar-refractivity contribution in [2.75, 3.05) is 26.2 Å². The number of imide groups is 1. The summed E-state index contributed by atoms with van der Waals surface area (Å²) in [7, 11) is 0. The molecule has 4 rings (SSSR count). The van der Waals surface area contributed by atoms with Gasteiger partial charge in [0.15, 0.2) is 0 Å². The summed E-state index contributed by atoms with van der Waals surface area (Å²) in [5.41, 5.74) is 0.863. The topological polar surface area (TPSA) is 96.0 Å². The second kappa shape index (κ2) is 8.95. The lowest BCUT2D eigenvalue weighted by Crippen LogP contribution is -2.48. The van der Waals surface area contributed by atoms with Gasteiger partial charge in [-0.05, 0) is 44.2 Å². The van der Waals surface area contributed by atoms with E-state index >= 15 is 0 Å². The number of ether oxygens (including phenoxy) is 1. The van der Waals surface area contributed by atoms with E-state index in [0.717, 1.165) is 25.7 Å². The third-order valence-electron chi connectivity index (χ3n) is 6.07. The van der Waals surface area contributed by atoms with Crippen molar-refractivity contribution < 1.29 is 23.9 Å². The van der Waals surface area contributed by atoms with Crippen LogP contribution in [-0.4, -0.2) is 71.8 Å². The van der Waals surface area contributed by atoms with Crippen LogP contribution in [0.1, 0.15) is 59.2 Å². The van der Waals surface area contributed by atoms with Crippen LogP contribution in [0.2, 0.25) is 0 Å². The van der Waals surface area contributed by atoms with Crippen LogP contribution in [0, 0.1) is 0 Å². The second-order valence-corrected chi connectivity index (χ2v) is 8.08. The molecule has 1 atom stereocenters. The van der Waals surface area contributed by atoms with E-state index in [0.29, 0.717) is 43.7 Å². The number of fused-ring (bicyclic) bond motifs is 1. The van der Waals surface area contributed by atoms with Crippen LogP contribution in [0.3, 0.4) is 0 Å². The molecule has 160 valence electrons. The molecule has 2 saturated heterocycles. The number of benzene rings is 1. The van der Waals surface area contributed by atoms with Crippen molar-refractivity contribution in [3.05, 3.63) is 35.4 Å². The normalized spacial score (nSPS) is 21.8. The summed E-state index contributed by atoms with van der Waals surface area (Å²) in [6.07, 6.45) is 3.56. The largest absolute Gasteiger partial charge is 0.368 e. The molecule has 0 radical (unpaired) electrons. The Morgan fingerprint density at radius 2 is 1.70 bits per heavy atom. The maximum atomic E-state index is 12.5. The number of carbonyl (C=O) groups is 4. The van der Waals surface area contributed by atoms with Gasteiger partial charge < -0.3 is 15.0 Å². The molecule has 3 aliphatic heterocycles. The van der Waals surface area contributed by atoms with Gasteiger partial charge in [0.25, 0.3) is 11.8 Å². The van der Waals surface area contributed by atoms with Crippen LogP contribution in [-0.2, 0) is 14.3 Å². The van der Waals surface area contributed by atoms with E-state index in [1.165, 1.54) is 4.90 Å². The maximum Gasteiger partial charge on any atom is 0.261 e. The van der Waals surface area contributed by atoms with Crippen molar-refractivity contribution in [3.8, 4) is 0 Å². The average Bonchev–Trinajstić information content (AvgIpc) is 3.38. The summed E-state index contributed by atoms with van der Waals surface area (Å²) in [6, 6.07) is 6.86. The third kappa shape index (κ3) is 4.23. The van der Waals surface area contributed by atoms with Crippen molar-refractivity contribution in [2.45, 2.75) is 50.7 Å². The molecule has 8 nitrogen and oxygen atoms in total. The minimum atomic E-state index is -0.327. The predicted molar refractivity (Wildman–Crippen MR) is 108 cm³/mol. The van der Waals surface area contributed by atoms with E-state index in [9.17, 15) is 19.2 Å². The first-order valence-electron chi connectivity index (χ1n) is 10.7. The Balaban J connectivity index is 1.18. The zero-order chi connectivity index (χ0) is 21.1. The summed E-state index contributed by atoms with van der Waals surface area (Å²) in [5.74, 6) is -0.592. The van der Waals surface area contributed by atoms with Gasteiger partial charge in [-0.1, -0.05) is 12.1 Å². The summed E-state index contributed by atoms with van der Waals surface area (Å²) >= 11 is 0. The molecule has 3 heterocycles. The van der Waals surface area contributed by atoms with Crippen molar-refractivity contribution >= 4 is 23.6 Å². The van der Waals surface area contributed by atoms with Crippen molar-refractivity contribution in [1.29, 1.82) is 0 Å². The lowest BCUT2D eigenvalue weighted by Gasteiger charge is -2.33. The van der Waals surface area contributed by atoms with Crippen LogP contribution < -0.4 is 5.32 Å². The second-order valence-electron chi connectivity index (χ2n) is 8.08. The molecule has 3 aliphatic rings. The fourth-order valence-electron chi connectivity index (χ4n) is 4.34. The average molecular weight is 413 g/mol. The number of amides is 4. The highest BCUT2D eigenvalue weighted by Crippen LogP contribution is 2.23. The number of hydrogen-bond donors (Lipinski definition) is 1. The van der Waals surface area contributed by atoms with Gasteiger partial charge >= 0.3 is 0 Å². The predicted octanol–water partition coefficient (Wildman–Crippen LogP) is 1.35. The number of rotatable bonds is 6. The standard InChI is InChI=1S/C22H27N3O5/c26-19(8-3-11-25-21(28)16-5-1-2-6-17(16)22(25)29)24-12-9-15(10-13-24)23-20(27)18-7-4-14-30-18/h1-2,5-6,15,18H,3-4,7-14H2,(H,23,27). The van der Waals surface area contributed by atoms with E-state index in [2.05, 4.69) is 5.32 Å². The van der Waals surface area contributed by atoms with Gasteiger partial charge in [0.05, 0.1) is 11.1 Å². The minimum Gasteiger partial charge on any atom is -0.368 e. The van der Waals surface area contributed by atoms with Gasteiger partial charge in [0, 0.05) is 38.7 Å². The summed E-state index contributed by atoms with van der Waals surface area (Å²) in [4.78, 5) is 52.4. The quantitative estimate of drug-likeness (QED) is 0.711. The van der Waals surface area contributed by atoms with E-state index in [1.54, 1.807) is 29.2 Å². The van der Waals surface area contributed by atoms with E-state index in [-0.39, 0.29) is 42.3 Å². The molecule has 30 heavy (non-hydrogen) atoms. The zero-order valence-electron chi connectivity index (χ0n) is 17.0. The SMILES string of the molecule is O=C(NC1CCN(C(=O)CCCN2C(=O)c3ccccc3C2=O)CC1)C1CCCO1. The highest BCUT2D eigenvalue weighted by atomic mass is 16.5. The van der Waals surface area contributed by atoms with Gasteiger partial charge in [-0.25, -0.2) is 0 Å². The Morgan fingerprint density at radius 3 is 2.30 bits per heavy atom. The lowest BCUT2D eigenvalue weighted by molar-refractivity contribution is -0.133. The first kappa shape index (κ1) is 20.5. The first-order chi connectivity index (χ1) is 14.5. The molecule has 2 fully saturated rings. The zero-order valence-corrected chi connectivity index (χ0v) is 17.0. The highest BCUT2D eigenvalue weighted by Gasteiger charge is 2.35. The number of piperidine rings is 1. The molecular weight excluding hydrogens is 386 g/mol. The number of nitrogens with zero attached hydrogens (tertiary/aromatic N) is 2. The van der Waals surface area contributed by atoms with Crippen LogP contribution in [0.4, 0.5) is 0 Å². The summed E-state index contributed by atoms with van der Waals surface area (Å²) in [6.45, 7) is 2.09. The fraction of sp³-hybridized carbons (Fsp3) is 0.545. The third-order valence-corrected chi connectivity index (χ3v) is 6.07. The van der Waals surface area contributed by atoms with Crippen LogP contribution in [0.15, 0.2) is 24.3 Å².